The van der Waals surface area contributed by atoms with Gasteiger partial charge < -0.3 is 9.14 Å². The predicted octanol–water partition coefficient (Wildman–Crippen LogP) is 5.21. The molecule has 4 rings (SSSR count). The van der Waals surface area contributed by atoms with E-state index in [-0.39, 0.29) is 18.0 Å². The highest BCUT2D eigenvalue weighted by Gasteiger charge is 2.19. The Bertz CT molecular complexity index is 1210. The van der Waals surface area contributed by atoms with Gasteiger partial charge in [-0.3, -0.25) is 14.9 Å². The van der Waals surface area contributed by atoms with Crippen LogP contribution in [0.5, 0.6) is 5.75 Å². The van der Waals surface area contributed by atoms with E-state index in [1.54, 1.807) is 16.5 Å². The summed E-state index contributed by atoms with van der Waals surface area (Å²) in [5.74, 6) is 0.190. The van der Waals surface area contributed by atoms with Gasteiger partial charge in [-0.2, -0.15) is 0 Å². The van der Waals surface area contributed by atoms with Crippen molar-refractivity contribution in [1.82, 2.24) is 4.40 Å². The summed E-state index contributed by atoms with van der Waals surface area (Å²) >= 11 is 0. The SMILES string of the molecule is Cc1ccc2cc(-c3ccc(OCc4ccccc4)c([N+](=O)[O-])c3)c(C=O)n2c1. The maximum absolute atomic E-state index is 11.8. The first kappa shape index (κ1) is 18.4. The summed E-state index contributed by atoms with van der Waals surface area (Å²) in [4.78, 5) is 22.9. The molecule has 6 heteroatoms. The van der Waals surface area contributed by atoms with Crippen LogP contribution >= 0.6 is 0 Å². The van der Waals surface area contributed by atoms with E-state index in [9.17, 15) is 14.9 Å². The number of hydrogen-bond donors (Lipinski definition) is 0. The van der Waals surface area contributed by atoms with Crippen LogP contribution in [0, 0.1) is 17.0 Å². The van der Waals surface area contributed by atoms with Gasteiger partial charge in [-0.05, 0) is 41.8 Å². The molecule has 29 heavy (non-hydrogen) atoms. The van der Waals surface area contributed by atoms with Crippen LogP contribution in [0.25, 0.3) is 16.6 Å². The van der Waals surface area contributed by atoms with E-state index in [0.29, 0.717) is 16.8 Å². The molecule has 0 atom stereocenters. The number of fused-ring (bicyclic) bond motifs is 1. The van der Waals surface area contributed by atoms with Crippen molar-refractivity contribution in [3.63, 3.8) is 0 Å². The standard InChI is InChI=1S/C23H18N2O4/c1-16-7-9-19-12-20(22(14-26)24(19)13-16)18-8-10-23(21(11-18)25(27)28)29-15-17-5-3-2-4-6-17/h2-14H,15H2,1H3. The third kappa shape index (κ3) is 3.60. The van der Waals surface area contributed by atoms with E-state index in [0.717, 1.165) is 22.9 Å². The average molecular weight is 386 g/mol. The van der Waals surface area contributed by atoms with Crippen molar-refractivity contribution in [2.24, 2.45) is 0 Å². The van der Waals surface area contributed by atoms with Crippen molar-refractivity contribution >= 4 is 17.5 Å². The lowest BCUT2D eigenvalue weighted by atomic mass is 10.0. The molecular weight excluding hydrogens is 368 g/mol. The van der Waals surface area contributed by atoms with Crippen molar-refractivity contribution in [2.75, 3.05) is 0 Å². The Balaban J connectivity index is 1.74. The highest BCUT2D eigenvalue weighted by molar-refractivity contribution is 5.90. The Labute approximate surface area is 167 Å². The lowest BCUT2D eigenvalue weighted by Crippen LogP contribution is -1.99. The van der Waals surface area contributed by atoms with Gasteiger partial charge in [0.05, 0.1) is 10.6 Å². The highest BCUT2D eigenvalue weighted by atomic mass is 16.6. The molecule has 0 aliphatic rings. The molecule has 0 N–H and O–H groups in total. The fourth-order valence-electron chi connectivity index (χ4n) is 3.33. The second-order valence-electron chi connectivity index (χ2n) is 6.78. The summed E-state index contributed by atoms with van der Waals surface area (Å²) in [5, 5.41) is 11.6. The first-order chi connectivity index (χ1) is 14.1. The Hall–Kier alpha value is -3.93. The number of rotatable bonds is 6. The lowest BCUT2D eigenvalue weighted by Gasteiger charge is -2.08. The number of carbonyl (C=O) groups is 1. The minimum Gasteiger partial charge on any atom is -0.482 e. The fourth-order valence-corrected chi connectivity index (χ4v) is 3.33. The van der Waals surface area contributed by atoms with E-state index in [1.807, 2.05) is 61.7 Å². The normalized spacial score (nSPS) is 10.8. The average Bonchev–Trinajstić information content (AvgIpc) is 3.10. The van der Waals surface area contributed by atoms with Crippen LogP contribution in [0.15, 0.2) is 72.9 Å². The number of nitro benzene ring substituents is 1. The Morgan fingerprint density at radius 1 is 1.07 bits per heavy atom. The van der Waals surface area contributed by atoms with Crippen LogP contribution < -0.4 is 4.74 Å². The van der Waals surface area contributed by atoms with Gasteiger partial charge in [0.2, 0.25) is 0 Å². The summed E-state index contributed by atoms with van der Waals surface area (Å²) in [5.41, 5.74) is 4.33. The molecule has 0 aliphatic heterocycles. The lowest BCUT2D eigenvalue weighted by molar-refractivity contribution is -0.385. The quantitative estimate of drug-likeness (QED) is 0.259. The number of aldehydes is 1. The number of nitrogens with zero attached hydrogens (tertiary/aromatic N) is 2. The van der Waals surface area contributed by atoms with Crippen LogP contribution in [0.4, 0.5) is 5.69 Å². The van der Waals surface area contributed by atoms with Gasteiger partial charge in [0.1, 0.15) is 6.61 Å². The third-order valence-corrected chi connectivity index (χ3v) is 4.77. The van der Waals surface area contributed by atoms with Crippen LogP contribution in [0.2, 0.25) is 0 Å². The van der Waals surface area contributed by atoms with Crippen molar-refractivity contribution in [1.29, 1.82) is 0 Å². The molecule has 2 aromatic heterocycles. The minimum atomic E-state index is -0.468. The molecule has 0 fully saturated rings. The second kappa shape index (κ2) is 7.59. The maximum atomic E-state index is 11.8. The molecule has 0 unspecified atom stereocenters. The molecule has 0 amide bonds. The number of aromatic nitrogens is 1. The molecule has 4 aromatic rings. The molecule has 144 valence electrons. The van der Waals surface area contributed by atoms with Crippen LogP contribution in [0.1, 0.15) is 21.6 Å². The number of benzene rings is 2. The summed E-state index contributed by atoms with van der Waals surface area (Å²) in [7, 11) is 0. The molecule has 0 radical (unpaired) electrons. The number of pyridine rings is 1. The molecule has 0 spiro atoms. The molecule has 0 saturated carbocycles. The van der Waals surface area contributed by atoms with Crippen LogP contribution in [-0.2, 0) is 6.61 Å². The van der Waals surface area contributed by atoms with Crippen molar-refractivity contribution in [3.8, 4) is 16.9 Å². The number of aryl methyl sites for hydroxylation is 1. The van der Waals surface area contributed by atoms with Crippen molar-refractivity contribution in [3.05, 3.63) is 99.9 Å². The van der Waals surface area contributed by atoms with E-state index < -0.39 is 4.92 Å². The van der Waals surface area contributed by atoms with Gasteiger partial charge in [-0.15, -0.1) is 0 Å². The van der Waals surface area contributed by atoms with E-state index >= 15 is 0 Å². The number of nitro groups is 1. The van der Waals surface area contributed by atoms with Gasteiger partial charge >= 0.3 is 5.69 Å². The molecule has 0 aliphatic carbocycles. The molecule has 6 nitrogen and oxygen atoms in total. The molecule has 0 bridgehead atoms. The monoisotopic (exact) mass is 386 g/mol. The Morgan fingerprint density at radius 3 is 2.59 bits per heavy atom. The van der Waals surface area contributed by atoms with E-state index in [4.69, 9.17) is 4.74 Å². The fraction of sp³-hybridized carbons (Fsp3) is 0.0870. The molecule has 2 aromatic carbocycles. The topological polar surface area (TPSA) is 73.8 Å². The zero-order chi connectivity index (χ0) is 20.4. The van der Waals surface area contributed by atoms with Gasteiger partial charge in [0.15, 0.2) is 12.0 Å². The number of carbonyl (C=O) groups excluding carboxylic acids is 1. The minimum absolute atomic E-state index is 0.137. The summed E-state index contributed by atoms with van der Waals surface area (Å²) in [6.45, 7) is 2.17. The Kier molecular flexibility index (Phi) is 4.83. The first-order valence-electron chi connectivity index (χ1n) is 9.09. The molecular formula is C23H18N2O4. The summed E-state index contributed by atoms with van der Waals surface area (Å²) in [6, 6.07) is 20.0. The zero-order valence-electron chi connectivity index (χ0n) is 15.7. The molecule has 0 saturated heterocycles. The van der Waals surface area contributed by atoms with Crippen LogP contribution in [-0.4, -0.2) is 15.6 Å². The van der Waals surface area contributed by atoms with E-state index in [2.05, 4.69) is 0 Å². The van der Waals surface area contributed by atoms with Crippen molar-refractivity contribution < 1.29 is 14.5 Å². The highest BCUT2D eigenvalue weighted by Crippen LogP contribution is 2.35. The Morgan fingerprint density at radius 2 is 1.86 bits per heavy atom. The van der Waals surface area contributed by atoms with Crippen LogP contribution in [0.3, 0.4) is 0 Å². The second-order valence-corrected chi connectivity index (χ2v) is 6.78. The van der Waals surface area contributed by atoms with Gasteiger partial charge in [0.25, 0.3) is 0 Å². The van der Waals surface area contributed by atoms with Gasteiger partial charge in [-0.1, -0.05) is 42.5 Å². The number of ether oxygens (including phenoxy) is 1. The summed E-state index contributed by atoms with van der Waals surface area (Å²) < 4.78 is 7.49. The number of hydrogen-bond acceptors (Lipinski definition) is 4. The molecule has 2 heterocycles. The first-order valence-corrected chi connectivity index (χ1v) is 9.09. The van der Waals surface area contributed by atoms with Gasteiger partial charge in [0, 0.05) is 23.3 Å². The van der Waals surface area contributed by atoms with E-state index in [1.165, 1.54) is 6.07 Å². The van der Waals surface area contributed by atoms with Crippen molar-refractivity contribution in [2.45, 2.75) is 13.5 Å². The zero-order valence-corrected chi connectivity index (χ0v) is 15.7. The van der Waals surface area contributed by atoms with Gasteiger partial charge in [-0.25, -0.2) is 0 Å². The maximum Gasteiger partial charge on any atom is 0.311 e. The third-order valence-electron chi connectivity index (χ3n) is 4.77. The smallest absolute Gasteiger partial charge is 0.311 e. The predicted molar refractivity (Wildman–Crippen MR) is 110 cm³/mol. The largest absolute Gasteiger partial charge is 0.482 e. The summed E-state index contributed by atoms with van der Waals surface area (Å²) in [6.07, 6.45) is 2.64.